The normalized spacial score (nSPS) is 14.2. The van der Waals surface area contributed by atoms with Crippen LogP contribution < -0.4 is 5.32 Å². The van der Waals surface area contributed by atoms with E-state index in [0.29, 0.717) is 23.9 Å². The second-order valence-corrected chi connectivity index (χ2v) is 22.3. The fourth-order valence-electron chi connectivity index (χ4n) is 8.14. The lowest BCUT2D eigenvalue weighted by Crippen LogP contribution is -2.47. The second-order valence-electron chi connectivity index (χ2n) is 20.8. The summed E-state index contributed by atoms with van der Waals surface area (Å²) in [6.07, 6.45) is 62.3. The maximum Gasteiger partial charge on any atom is 0.472 e. The molecule has 0 heterocycles. The number of carbonyl (C=O) groups is 2. The van der Waals surface area contributed by atoms with Crippen molar-refractivity contribution in [3.8, 4) is 0 Å². The number of hydrogen-bond donors (Lipinski definition) is 2. The highest BCUT2D eigenvalue weighted by molar-refractivity contribution is 7.47. The number of ether oxygens (including phenoxy) is 1. The van der Waals surface area contributed by atoms with Gasteiger partial charge in [0.2, 0.25) is 5.91 Å². The molecule has 10 heteroatoms. The van der Waals surface area contributed by atoms with Crippen LogP contribution in [0.15, 0.2) is 60.8 Å². The maximum atomic E-state index is 13.5. The van der Waals surface area contributed by atoms with Crippen molar-refractivity contribution in [1.29, 1.82) is 0 Å². The molecule has 0 aromatic rings. The zero-order valence-corrected chi connectivity index (χ0v) is 47.4. The minimum atomic E-state index is -4.46. The Bertz CT molecular complexity index is 1390. The van der Waals surface area contributed by atoms with Crippen molar-refractivity contribution in [1.82, 2.24) is 5.32 Å². The lowest BCUT2D eigenvalue weighted by molar-refractivity contribution is -0.870. The number of phosphoric ester groups is 1. The quantitative estimate of drug-likeness (QED) is 0.0205. The zero-order valence-electron chi connectivity index (χ0n) is 46.5. The molecule has 0 radical (unpaired) electrons. The highest BCUT2D eigenvalue weighted by Crippen LogP contribution is 2.43. The predicted octanol–water partition coefficient (Wildman–Crippen LogP) is 17.5. The SMILES string of the molecule is CCCCC/C=C\C/C=C\CCCCCCCCCCCC(=O)NC(COP(=O)(O)OCC[N+](C)(C)C)C(/C=C\CCCCCCCCCCCC)OC(=O)CC/C=C/C/C=C\CCCCCCCC. The Morgan fingerprint density at radius 2 is 0.886 bits per heavy atom. The summed E-state index contributed by atoms with van der Waals surface area (Å²) in [6.45, 7) is 6.94. The van der Waals surface area contributed by atoms with E-state index < -0.39 is 25.9 Å². The predicted molar refractivity (Wildman–Crippen MR) is 300 cm³/mol. The summed E-state index contributed by atoms with van der Waals surface area (Å²) in [5.74, 6) is -0.586. The van der Waals surface area contributed by atoms with Gasteiger partial charge in [-0.1, -0.05) is 223 Å². The molecule has 2 N–H and O–H groups in total. The fourth-order valence-corrected chi connectivity index (χ4v) is 8.88. The molecule has 1 amide bonds. The number of carbonyl (C=O) groups excluding carboxylic acids is 2. The number of hydrogen-bond acceptors (Lipinski definition) is 6. The van der Waals surface area contributed by atoms with Crippen molar-refractivity contribution >= 4 is 19.7 Å². The van der Waals surface area contributed by atoms with Crippen molar-refractivity contribution in [2.24, 2.45) is 0 Å². The molecule has 0 saturated heterocycles. The van der Waals surface area contributed by atoms with Crippen molar-refractivity contribution < 1.29 is 37.3 Å². The molecule has 0 aliphatic heterocycles. The van der Waals surface area contributed by atoms with Gasteiger partial charge in [-0.25, -0.2) is 4.57 Å². The van der Waals surface area contributed by atoms with Gasteiger partial charge in [-0.3, -0.25) is 18.6 Å². The van der Waals surface area contributed by atoms with Crippen LogP contribution in [0, 0.1) is 0 Å². The number of allylic oxidation sites excluding steroid dienone is 9. The molecule has 9 nitrogen and oxygen atoms in total. The van der Waals surface area contributed by atoms with Gasteiger partial charge in [0.05, 0.1) is 33.8 Å². The van der Waals surface area contributed by atoms with Crippen LogP contribution in [-0.2, 0) is 27.9 Å². The molecule has 0 bridgehead atoms. The topological polar surface area (TPSA) is 111 Å². The molecule has 0 saturated carbocycles. The van der Waals surface area contributed by atoms with E-state index in [1.165, 1.54) is 148 Å². The van der Waals surface area contributed by atoms with E-state index in [1.54, 1.807) is 0 Å². The monoisotopic (exact) mass is 1000 g/mol. The Morgan fingerprint density at radius 3 is 1.34 bits per heavy atom. The number of amides is 1. The van der Waals surface area contributed by atoms with Gasteiger partial charge in [0.1, 0.15) is 19.3 Å². The van der Waals surface area contributed by atoms with Gasteiger partial charge < -0.3 is 19.4 Å². The molecule has 0 fully saturated rings. The first-order valence-electron chi connectivity index (χ1n) is 29.1. The third-order valence-electron chi connectivity index (χ3n) is 12.7. The summed E-state index contributed by atoms with van der Waals surface area (Å²) < 4.78 is 30.5. The molecule has 0 aliphatic carbocycles. The average Bonchev–Trinajstić information content (AvgIpc) is 3.32. The molecule has 408 valence electrons. The Hall–Kier alpha value is -2.29. The third-order valence-corrected chi connectivity index (χ3v) is 13.7. The first kappa shape index (κ1) is 67.7. The van der Waals surface area contributed by atoms with Crippen molar-refractivity contribution in [3.05, 3.63) is 60.8 Å². The van der Waals surface area contributed by atoms with Crippen LogP contribution in [0.3, 0.4) is 0 Å². The third kappa shape index (κ3) is 50.6. The summed E-state index contributed by atoms with van der Waals surface area (Å²) in [4.78, 5) is 37.5. The number of unbranched alkanes of at least 4 members (excludes halogenated alkanes) is 28. The Kier molecular flexibility index (Phi) is 48.6. The number of quaternary nitrogens is 1. The summed E-state index contributed by atoms with van der Waals surface area (Å²) in [6, 6.07) is -0.872. The van der Waals surface area contributed by atoms with E-state index in [2.05, 4.69) is 68.6 Å². The minimum absolute atomic E-state index is 0.0308. The van der Waals surface area contributed by atoms with Crippen LogP contribution in [0.4, 0.5) is 0 Å². The highest BCUT2D eigenvalue weighted by atomic mass is 31.2. The number of likely N-dealkylation sites (N-methyl/N-ethyl adjacent to an activating group) is 1. The Labute approximate surface area is 432 Å². The summed E-state index contributed by atoms with van der Waals surface area (Å²) in [7, 11) is 1.47. The van der Waals surface area contributed by atoms with Gasteiger partial charge in [0.25, 0.3) is 0 Å². The van der Waals surface area contributed by atoms with E-state index in [-0.39, 0.29) is 25.5 Å². The number of nitrogens with one attached hydrogen (secondary N) is 1. The largest absolute Gasteiger partial charge is 0.472 e. The number of nitrogens with zero attached hydrogens (tertiary/aromatic N) is 1. The molecule has 0 aromatic carbocycles. The molecule has 70 heavy (non-hydrogen) atoms. The fraction of sp³-hybridized carbons (Fsp3) is 0.800. The molecular weight excluding hydrogens is 892 g/mol. The van der Waals surface area contributed by atoms with E-state index >= 15 is 0 Å². The first-order chi connectivity index (χ1) is 33.9. The molecule has 0 rings (SSSR count). The highest BCUT2D eigenvalue weighted by Gasteiger charge is 2.30. The Balaban J connectivity index is 5.36. The van der Waals surface area contributed by atoms with E-state index in [4.69, 9.17) is 13.8 Å². The summed E-state index contributed by atoms with van der Waals surface area (Å²) in [5, 5.41) is 3.03. The van der Waals surface area contributed by atoms with E-state index in [9.17, 15) is 19.0 Å². The van der Waals surface area contributed by atoms with Gasteiger partial charge in [0.15, 0.2) is 0 Å². The van der Waals surface area contributed by atoms with Crippen molar-refractivity contribution in [2.75, 3.05) is 40.9 Å². The van der Waals surface area contributed by atoms with Gasteiger partial charge in [-0.05, 0) is 83.1 Å². The minimum Gasteiger partial charge on any atom is -0.456 e. The van der Waals surface area contributed by atoms with Gasteiger partial charge in [0, 0.05) is 12.8 Å². The summed E-state index contributed by atoms with van der Waals surface area (Å²) >= 11 is 0. The van der Waals surface area contributed by atoms with Gasteiger partial charge >= 0.3 is 13.8 Å². The van der Waals surface area contributed by atoms with Crippen molar-refractivity contribution in [3.63, 3.8) is 0 Å². The number of esters is 1. The van der Waals surface area contributed by atoms with Crippen LogP contribution in [-0.4, -0.2) is 74.3 Å². The molecular formula is C60H112N2O7P+. The second kappa shape index (κ2) is 50.3. The molecule has 0 aromatic heterocycles. The Morgan fingerprint density at radius 1 is 0.500 bits per heavy atom. The van der Waals surface area contributed by atoms with E-state index in [0.717, 1.165) is 70.6 Å². The molecule has 3 atom stereocenters. The number of rotatable bonds is 52. The standard InChI is InChI=1S/C60H111N2O7P/c1-7-10-13-16-19-22-25-28-29-30-31-32-33-35-37-40-43-46-49-52-59(63)61-57(56-68-70(65,66)67-55-54-62(4,5)6)58(51-48-45-42-39-36-27-24-21-18-15-12-9-3)69-60(64)53-50-47-44-41-38-34-26-23-20-17-14-11-8-2/h19,22,28-29,34,38,44,47-48,51,57-58H,7-18,20-21,23-27,30-33,35-37,39-43,45-46,49-50,52-56H2,1-6H3,(H-,61,63,65,66)/p+1/b22-19-,29-28-,38-34-,47-44+,51-48-. The lowest BCUT2D eigenvalue weighted by atomic mass is 10.0. The first-order valence-corrected chi connectivity index (χ1v) is 30.6. The average molecular weight is 1000 g/mol. The van der Waals surface area contributed by atoms with Crippen LogP contribution in [0.25, 0.3) is 0 Å². The van der Waals surface area contributed by atoms with Crippen LogP contribution >= 0.6 is 7.82 Å². The van der Waals surface area contributed by atoms with Gasteiger partial charge in [-0.15, -0.1) is 0 Å². The molecule has 0 spiro atoms. The smallest absolute Gasteiger partial charge is 0.456 e. The summed E-state index contributed by atoms with van der Waals surface area (Å²) in [5.41, 5.74) is 0. The van der Waals surface area contributed by atoms with Crippen LogP contribution in [0.5, 0.6) is 0 Å². The number of phosphoric acid groups is 1. The lowest BCUT2D eigenvalue weighted by Gasteiger charge is -2.27. The maximum absolute atomic E-state index is 13.5. The van der Waals surface area contributed by atoms with Crippen LogP contribution in [0.2, 0.25) is 0 Å². The molecule has 3 unspecified atom stereocenters. The van der Waals surface area contributed by atoms with Crippen LogP contribution in [0.1, 0.15) is 258 Å². The molecule has 0 aliphatic rings. The van der Waals surface area contributed by atoms with Crippen molar-refractivity contribution in [2.45, 2.75) is 270 Å². The zero-order chi connectivity index (χ0) is 51.5. The van der Waals surface area contributed by atoms with E-state index in [1.807, 2.05) is 39.4 Å². The van der Waals surface area contributed by atoms with Gasteiger partial charge in [-0.2, -0.15) is 0 Å².